The third-order valence-electron chi connectivity index (χ3n) is 3.57. The van der Waals surface area contributed by atoms with E-state index in [1.54, 1.807) is 0 Å². The van der Waals surface area contributed by atoms with Crippen molar-refractivity contribution in [3.05, 3.63) is 47.3 Å². The minimum atomic E-state index is -0.407. The zero-order chi connectivity index (χ0) is 16.3. The van der Waals surface area contributed by atoms with Gasteiger partial charge in [0.1, 0.15) is 12.3 Å². The summed E-state index contributed by atoms with van der Waals surface area (Å²) in [5.41, 5.74) is 2.68. The molecule has 1 aromatic carbocycles. The molecule has 0 bridgehead atoms. The van der Waals surface area contributed by atoms with E-state index in [-0.39, 0.29) is 6.61 Å². The molecule has 6 nitrogen and oxygen atoms in total. The third-order valence-corrected chi connectivity index (χ3v) is 3.57. The lowest BCUT2D eigenvalue weighted by molar-refractivity contribution is 0.138. The molecule has 0 fully saturated rings. The maximum absolute atomic E-state index is 11.6. The average molecular weight is 316 g/mol. The van der Waals surface area contributed by atoms with E-state index in [9.17, 15) is 4.79 Å². The summed E-state index contributed by atoms with van der Waals surface area (Å²) in [5, 5.41) is 13.4. The van der Waals surface area contributed by atoms with Crippen LogP contribution in [0.1, 0.15) is 49.6 Å². The van der Waals surface area contributed by atoms with Crippen LogP contribution in [0.2, 0.25) is 0 Å². The van der Waals surface area contributed by atoms with Gasteiger partial charge in [-0.15, -0.1) is 5.10 Å². The Morgan fingerprint density at radius 2 is 2.04 bits per heavy atom. The quantitative estimate of drug-likeness (QED) is 0.696. The van der Waals surface area contributed by atoms with Gasteiger partial charge in [0.2, 0.25) is 0 Å². The van der Waals surface area contributed by atoms with E-state index < -0.39 is 6.09 Å². The lowest BCUT2D eigenvalue weighted by Gasteiger charge is -2.06. The lowest BCUT2D eigenvalue weighted by atomic mass is 10.1. The number of ether oxygens (including phenoxy) is 1. The summed E-state index contributed by atoms with van der Waals surface area (Å²) in [6, 6.07) is 10.0. The van der Waals surface area contributed by atoms with Crippen LogP contribution in [0.4, 0.5) is 4.79 Å². The largest absolute Gasteiger partial charge is 0.443 e. The molecule has 0 saturated heterocycles. The number of carbonyl (C=O) groups excluding carboxylic acids is 1. The summed E-state index contributed by atoms with van der Waals surface area (Å²) in [4.78, 5) is 11.6. The van der Waals surface area contributed by atoms with Crippen molar-refractivity contribution >= 4 is 6.09 Å². The Labute approximate surface area is 136 Å². The molecule has 0 unspecified atom stereocenters. The first-order valence-corrected chi connectivity index (χ1v) is 8.13. The molecule has 124 valence electrons. The van der Waals surface area contributed by atoms with Crippen molar-refractivity contribution in [1.82, 2.24) is 20.7 Å². The van der Waals surface area contributed by atoms with E-state index in [1.807, 2.05) is 30.3 Å². The van der Waals surface area contributed by atoms with Gasteiger partial charge in [-0.05, 0) is 12.0 Å². The highest BCUT2D eigenvalue weighted by atomic mass is 16.5. The number of aromatic nitrogens is 3. The predicted octanol–water partition coefficient (Wildman–Crippen LogP) is 3.20. The Bertz CT molecular complexity index is 583. The van der Waals surface area contributed by atoms with E-state index >= 15 is 0 Å². The van der Waals surface area contributed by atoms with Crippen LogP contribution < -0.4 is 5.32 Å². The fraction of sp³-hybridized carbons (Fsp3) is 0.471. The maximum Gasteiger partial charge on any atom is 0.407 e. The molecule has 2 N–H and O–H groups in total. The summed E-state index contributed by atoms with van der Waals surface area (Å²) in [7, 11) is 0. The second-order valence-corrected chi connectivity index (χ2v) is 5.46. The normalized spacial score (nSPS) is 10.5. The minimum Gasteiger partial charge on any atom is -0.443 e. The van der Waals surface area contributed by atoms with Crippen molar-refractivity contribution in [2.24, 2.45) is 0 Å². The molecule has 0 aliphatic rings. The topological polar surface area (TPSA) is 79.9 Å². The molecule has 6 heteroatoms. The molecule has 0 saturated carbocycles. The number of amides is 1. The highest BCUT2D eigenvalue weighted by Crippen LogP contribution is 2.10. The maximum atomic E-state index is 11.6. The number of rotatable bonds is 9. The first kappa shape index (κ1) is 17.0. The molecular weight excluding hydrogens is 292 g/mol. The standard InChI is InChI=1S/C17H24N4O2/c1-2-3-4-8-11-18-17(22)23-13-16-15(19-21-20-16)12-14-9-6-5-7-10-14/h5-7,9-10H,2-4,8,11-13H2,1H3,(H,18,22)(H,19,20,21). The summed E-state index contributed by atoms with van der Waals surface area (Å²) in [6.07, 6.45) is 4.76. The number of alkyl carbamates (subject to hydrolysis) is 1. The van der Waals surface area contributed by atoms with Crippen LogP contribution in [-0.2, 0) is 17.8 Å². The van der Waals surface area contributed by atoms with Gasteiger partial charge < -0.3 is 10.1 Å². The Balaban J connectivity index is 1.74. The van der Waals surface area contributed by atoms with Crippen molar-refractivity contribution in [1.29, 1.82) is 0 Å². The molecule has 23 heavy (non-hydrogen) atoms. The van der Waals surface area contributed by atoms with Crippen LogP contribution in [0.25, 0.3) is 0 Å². The van der Waals surface area contributed by atoms with Gasteiger partial charge in [-0.25, -0.2) is 4.79 Å². The molecule has 0 spiro atoms. The molecule has 0 radical (unpaired) electrons. The number of carbonyl (C=O) groups is 1. The Kier molecular flexibility index (Phi) is 7.10. The number of benzene rings is 1. The van der Waals surface area contributed by atoms with Gasteiger partial charge in [-0.1, -0.05) is 61.7 Å². The number of hydrogen-bond acceptors (Lipinski definition) is 4. The molecule has 1 heterocycles. The lowest BCUT2D eigenvalue weighted by Crippen LogP contribution is -2.25. The number of H-pyrrole nitrogens is 1. The highest BCUT2D eigenvalue weighted by molar-refractivity contribution is 5.67. The Hall–Kier alpha value is -2.37. The summed E-state index contributed by atoms with van der Waals surface area (Å²) in [6.45, 7) is 2.93. The van der Waals surface area contributed by atoms with E-state index in [1.165, 1.54) is 12.8 Å². The van der Waals surface area contributed by atoms with Gasteiger partial charge in [0.05, 0.1) is 5.69 Å². The fourth-order valence-corrected chi connectivity index (χ4v) is 2.26. The van der Waals surface area contributed by atoms with Crippen LogP contribution in [0.5, 0.6) is 0 Å². The number of nitrogens with one attached hydrogen (secondary N) is 2. The molecule has 2 rings (SSSR count). The van der Waals surface area contributed by atoms with E-state index in [4.69, 9.17) is 4.74 Å². The predicted molar refractivity (Wildman–Crippen MR) is 88.0 cm³/mol. The van der Waals surface area contributed by atoms with Crippen LogP contribution in [0, 0.1) is 0 Å². The molecule has 2 aromatic rings. The Morgan fingerprint density at radius 3 is 2.83 bits per heavy atom. The van der Waals surface area contributed by atoms with Crippen molar-refractivity contribution < 1.29 is 9.53 Å². The zero-order valence-corrected chi connectivity index (χ0v) is 13.5. The van der Waals surface area contributed by atoms with Gasteiger partial charge in [0, 0.05) is 13.0 Å². The van der Waals surface area contributed by atoms with Crippen molar-refractivity contribution in [2.75, 3.05) is 6.54 Å². The minimum absolute atomic E-state index is 0.124. The van der Waals surface area contributed by atoms with Gasteiger partial charge >= 0.3 is 6.09 Å². The summed E-state index contributed by atoms with van der Waals surface area (Å²) >= 11 is 0. The second-order valence-electron chi connectivity index (χ2n) is 5.46. The monoisotopic (exact) mass is 316 g/mol. The van der Waals surface area contributed by atoms with Crippen LogP contribution in [0.3, 0.4) is 0 Å². The first-order valence-electron chi connectivity index (χ1n) is 8.13. The first-order chi connectivity index (χ1) is 11.3. The van der Waals surface area contributed by atoms with Crippen LogP contribution >= 0.6 is 0 Å². The molecular formula is C17H24N4O2. The summed E-state index contributed by atoms with van der Waals surface area (Å²) in [5.74, 6) is 0. The second kappa shape index (κ2) is 9.61. The molecule has 1 aromatic heterocycles. The highest BCUT2D eigenvalue weighted by Gasteiger charge is 2.10. The number of unbranched alkanes of at least 4 members (excludes halogenated alkanes) is 3. The molecule has 1 amide bonds. The smallest absolute Gasteiger partial charge is 0.407 e. The SMILES string of the molecule is CCCCCCNC(=O)OCc1nn[nH]c1Cc1ccccc1. The van der Waals surface area contributed by atoms with Gasteiger partial charge in [-0.2, -0.15) is 0 Å². The van der Waals surface area contributed by atoms with E-state index in [0.717, 1.165) is 24.1 Å². The number of nitrogens with zero attached hydrogens (tertiary/aromatic N) is 2. The van der Waals surface area contributed by atoms with E-state index in [0.29, 0.717) is 18.7 Å². The molecule has 0 atom stereocenters. The van der Waals surface area contributed by atoms with Gasteiger partial charge in [-0.3, -0.25) is 5.10 Å². The van der Waals surface area contributed by atoms with Crippen LogP contribution in [-0.4, -0.2) is 28.0 Å². The van der Waals surface area contributed by atoms with Crippen LogP contribution in [0.15, 0.2) is 30.3 Å². The van der Waals surface area contributed by atoms with Crippen molar-refractivity contribution in [3.63, 3.8) is 0 Å². The molecule has 0 aliphatic heterocycles. The number of aromatic amines is 1. The average Bonchev–Trinajstić information content (AvgIpc) is 3.01. The van der Waals surface area contributed by atoms with Gasteiger partial charge in [0.25, 0.3) is 0 Å². The zero-order valence-electron chi connectivity index (χ0n) is 13.5. The van der Waals surface area contributed by atoms with Crippen molar-refractivity contribution in [2.45, 2.75) is 45.6 Å². The van der Waals surface area contributed by atoms with Gasteiger partial charge in [0.15, 0.2) is 0 Å². The summed E-state index contributed by atoms with van der Waals surface area (Å²) < 4.78 is 5.20. The van der Waals surface area contributed by atoms with Crippen molar-refractivity contribution in [3.8, 4) is 0 Å². The molecule has 0 aliphatic carbocycles. The Morgan fingerprint density at radius 1 is 1.22 bits per heavy atom. The third kappa shape index (κ3) is 6.10. The fourth-order valence-electron chi connectivity index (χ4n) is 2.26. The van der Waals surface area contributed by atoms with E-state index in [2.05, 4.69) is 27.7 Å². The number of hydrogen-bond donors (Lipinski definition) is 2.